The van der Waals surface area contributed by atoms with Gasteiger partial charge in [0.15, 0.2) is 0 Å². The number of fused-ring (bicyclic) bond motifs is 1. The molecular weight excluding hydrogens is 583 g/mol. The number of aromatic nitrogens is 1. The van der Waals surface area contributed by atoms with E-state index in [0.717, 1.165) is 0 Å². The molecule has 2 aromatic carbocycles. The fraction of sp³-hybridized carbons (Fsp3) is 0.310. The van der Waals surface area contributed by atoms with Crippen molar-refractivity contribution in [1.82, 2.24) is 14.6 Å². The van der Waals surface area contributed by atoms with Gasteiger partial charge in [-0.1, -0.05) is 6.07 Å². The predicted octanol–water partition coefficient (Wildman–Crippen LogP) is 4.46. The number of hydrogen-bond acceptors (Lipinski definition) is 7. The van der Waals surface area contributed by atoms with Gasteiger partial charge in [0, 0.05) is 49.5 Å². The van der Waals surface area contributed by atoms with Crippen LogP contribution in [0.15, 0.2) is 65.3 Å². The number of benzene rings is 2. The van der Waals surface area contributed by atoms with Crippen molar-refractivity contribution >= 4 is 42.6 Å². The zero-order valence-corrected chi connectivity index (χ0v) is 24.8. The summed E-state index contributed by atoms with van der Waals surface area (Å²) in [5.74, 6) is -1.44. The van der Waals surface area contributed by atoms with Crippen LogP contribution in [0.3, 0.4) is 0 Å². The summed E-state index contributed by atoms with van der Waals surface area (Å²) in [6.45, 7) is 1.98. The average molecular weight is 615 g/mol. The minimum atomic E-state index is -3.72. The summed E-state index contributed by atoms with van der Waals surface area (Å²) in [4.78, 5) is 17.1. The van der Waals surface area contributed by atoms with E-state index in [-0.39, 0.29) is 46.6 Å². The molecular formula is C29H31FN4O6S2. The normalized spacial score (nSPS) is 16.4. The molecule has 1 aliphatic heterocycles. The number of furan rings is 1. The van der Waals surface area contributed by atoms with Crippen LogP contribution in [-0.4, -0.2) is 57.9 Å². The molecule has 1 saturated heterocycles. The number of amides is 1. The van der Waals surface area contributed by atoms with Gasteiger partial charge in [-0.3, -0.25) is 14.5 Å². The number of nitrogens with one attached hydrogen (secondary N) is 2. The van der Waals surface area contributed by atoms with Crippen molar-refractivity contribution < 1.29 is 30.4 Å². The third-order valence-corrected chi connectivity index (χ3v) is 10.5. The molecule has 0 radical (unpaired) electrons. The monoisotopic (exact) mass is 614 g/mol. The summed E-state index contributed by atoms with van der Waals surface area (Å²) in [6, 6.07) is 12.1. The number of rotatable bonds is 9. The van der Waals surface area contributed by atoms with Gasteiger partial charge >= 0.3 is 0 Å². The molecule has 3 heterocycles. The molecule has 0 bridgehead atoms. The van der Waals surface area contributed by atoms with Crippen LogP contribution in [0.25, 0.3) is 22.3 Å². The Kier molecular flexibility index (Phi) is 8.35. The summed E-state index contributed by atoms with van der Waals surface area (Å²) in [7, 11) is -5.93. The number of piperidine rings is 1. The maximum atomic E-state index is 13.6. The second-order valence-electron chi connectivity index (χ2n) is 10.1. The smallest absolute Gasteiger partial charge is 0.255 e. The standard InChI is InChI=1S/C29H31FN4O6S2/c1-3-41(36,37)33-25-15-26-24(27(29(35)31-2)28(40-26)20-8-10-22(30)11-9-20)14-23(25)21-7-5-13-34(17-21)42(38,39)18-19-6-4-12-32-16-19/h4,6,8-12,14-16,21,33H,3,5,7,13,17-18H2,1-2H3,(H,31,35)/t21-/m0/s1. The van der Waals surface area contributed by atoms with Crippen LogP contribution < -0.4 is 10.0 Å². The Morgan fingerprint density at radius 3 is 2.57 bits per heavy atom. The molecule has 13 heteroatoms. The van der Waals surface area contributed by atoms with Crippen LogP contribution in [0.1, 0.15) is 47.2 Å². The number of nitrogens with zero attached hydrogens (tertiary/aromatic N) is 2. The lowest BCUT2D eigenvalue weighted by atomic mass is 9.89. The van der Waals surface area contributed by atoms with E-state index in [1.807, 2.05) is 0 Å². The molecule has 1 atom stereocenters. The SMILES string of the molecule is CCS(=O)(=O)Nc1cc2oc(-c3ccc(F)cc3)c(C(=O)NC)c2cc1[C@H]1CCCN(S(=O)(=O)Cc2cccnc2)C1. The number of carbonyl (C=O) groups is 1. The minimum absolute atomic E-state index is 0.132. The average Bonchev–Trinajstić information content (AvgIpc) is 3.35. The van der Waals surface area contributed by atoms with Gasteiger partial charge in [0.05, 0.1) is 22.8 Å². The number of anilines is 1. The lowest BCUT2D eigenvalue weighted by Gasteiger charge is -2.33. The van der Waals surface area contributed by atoms with E-state index < -0.39 is 31.8 Å². The first-order valence-corrected chi connectivity index (χ1v) is 16.7. The quantitative estimate of drug-likeness (QED) is 0.284. The Hall–Kier alpha value is -3.81. The predicted molar refractivity (Wildman–Crippen MR) is 158 cm³/mol. The number of carbonyl (C=O) groups excluding carboxylic acids is 1. The molecule has 5 rings (SSSR count). The van der Waals surface area contributed by atoms with E-state index in [1.54, 1.807) is 24.4 Å². The summed E-state index contributed by atoms with van der Waals surface area (Å²) in [5, 5.41) is 3.04. The molecule has 2 aromatic heterocycles. The maximum absolute atomic E-state index is 13.6. The van der Waals surface area contributed by atoms with Crippen LogP contribution in [0.2, 0.25) is 0 Å². The number of hydrogen-bond donors (Lipinski definition) is 2. The van der Waals surface area contributed by atoms with E-state index in [9.17, 15) is 26.0 Å². The third-order valence-electron chi connectivity index (χ3n) is 7.36. The first-order chi connectivity index (χ1) is 20.0. The van der Waals surface area contributed by atoms with Crippen LogP contribution in [0, 0.1) is 5.82 Å². The summed E-state index contributed by atoms with van der Waals surface area (Å²) in [5.41, 5.74) is 2.30. The summed E-state index contributed by atoms with van der Waals surface area (Å²) < 4.78 is 75.9. The highest BCUT2D eigenvalue weighted by atomic mass is 32.2. The lowest BCUT2D eigenvalue weighted by Crippen LogP contribution is -2.40. The molecule has 2 N–H and O–H groups in total. The highest BCUT2D eigenvalue weighted by molar-refractivity contribution is 7.92. The highest BCUT2D eigenvalue weighted by Crippen LogP contribution is 2.41. The molecule has 1 amide bonds. The van der Waals surface area contributed by atoms with E-state index >= 15 is 0 Å². The van der Waals surface area contributed by atoms with Gasteiger partial charge in [0.25, 0.3) is 5.91 Å². The Labute approximate surface area is 244 Å². The van der Waals surface area contributed by atoms with Crippen molar-refractivity contribution in [3.05, 3.63) is 83.4 Å². The molecule has 4 aromatic rings. The molecule has 222 valence electrons. The molecule has 10 nitrogen and oxygen atoms in total. The minimum Gasteiger partial charge on any atom is -0.455 e. The van der Waals surface area contributed by atoms with Gasteiger partial charge in [0.2, 0.25) is 20.0 Å². The van der Waals surface area contributed by atoms with Crippen molar-refractivity contribution in [3.8, 4) is 11.3 Å². The van der Waals surface area contributed by atoms with Crippen LogP contribution in [0.4, 0.5) is 10.1 Å². The fourth-order valence-electron chi connectivity index (χ4n) is 5.21. The third kappa shape index (κ3) is 6.18. The number of sulfonamides is 2. The van der Waals surface area contributed by atoms with E-state index in [0.29, 0.717) is 41.5 Å². The van der Waals surface area contributed by atoms with Gasteiger partial charge in [0.1, 0.15) is 17.2 Å². The lowest BCUT2D eigenvalue weighted by molar-refractivity contribution is 0.0964. The van der Waals surface area contributed by atoms with Crippen LogP contribution in [0.5, 0.6) is 0 Å². The number of halogens is 1. The highest BCUT2D eigenvalue weighted by Gasteiger charge is 2.33. The molecule has 1 fully saturated rings. The van der Waals surface area contributed by atoms with Crippen LogP contribution in [-0.2, 0) is 25.8 Å². The number of pyridine rings is 1. The first kappa shape index (κ1) is 29.7. The second-order valence-corrected chi connectivity index (χ2v) is 14.1. The topological polar surface area (TPSA) is 139 Å². The van der Waals surface area contributed by atoms with E-state index in [1.165, 1.54) is 54.8 Å². The second kappa shape index (κ2) is 11.8. The van der Waals surface area contributed by atoms with Crippen molar-refractivity contribution in [1.29, 1.82) is 0 Å². The molecule has 1 aliphatic rings. The zero-order chi connectivity index (χ0) is 30.1. The summed E-state index contributed by atoms with van der Waals surface area (Å²) >= 11 is 0. The molecule has 0 spiro atoms. The van der Waals surface area contributed by atoms with Gasteiger partial charge in [-0.05, 0) is 73.2 Å². The first-order valence-electron chi connectivity index (χ1n) is 13.5. The Bertz CT molecular complexity index is 1830. The van der Waals surface area contributed by atoms with Crippen molar-refractivity contribution in [2.75, 3.05) is 30.6 Å². The zero-order valence-electron chi connectivity index (χ0n) is 23.1. The van der Waals surface area contributed by atoms with Crippen molar-refractivity contribution in [3.63, 3.8) is 0 Å². The van der Waals surface area contributed by atoms with E-state index in [2.05, 4.69) is 15.0 Å². The van der Waals surface area contributed by atoms with Gasteiger partial charge in [-0.2, -0.15) is 0 Å². The van der Waals surface area contributed by atoms with Crippen molar-refractivity contribution in [2.45, 2.75) is 31.4 Å². The molecule has 0 saturated carbocycles. The fourth-order valence-corrected chi connectivity index (χ4v) is 7.46. The Morgan fingerprint density at radius 1 is 1.14 bits per heavy atom. The van der Waals surface area contributed by atoms with Gasteiger partial charge in [-0.15, -0.1) is 0 Å². The van der Waals surface area contributed by atoms with Gasteiger partial charge < -0.3 is 9.73 Å². The molecule has 42 heavy (non-hydrogen) atoms. The Balaban J connectivity index is 1.62. The Morgan fingerprint density at radius 2 is 1.90 bits per heavy atom. The largest absolute Gasteiger partial charge is 0.455 e. The van der Waals surface area contributed by atoms with E-state index in [4.69, 9.17) is 4.42 Å². The maximum Gasteiger partial charge on any atom is 0.255 e. The van der Waals surface area contributed by atoms with Gasteiger partial charge in [-0.25, -0.2) is 25.5 Å². The molecule has 0 aliphatic carbocycles. The summed E-state index contributed by atoms with van der Waals surface area (Å²) in [6.07, 6.45) is 4.25. The van der Waals surface area contributed by atoms with Crippen LogP contribution >= 0.6 is 0 Å². The van der Waals surface area contributed by atoms with Crippen molar-refractivity contribution in [2.24, 2.45) is 0 Å². The molecule has 0 unspecified atom stereocenters.